The number of fused-ring (bicyclic) bond motifs is 1. The van der Waals surface area contributed by atoms with Gasteiger partial charge in [-0.1, -0.05) is 20.8 Å². The van der Waals surface area contributed by atoms with E-state index in [0.29, 0.717) is 6.42 Å². The third-order valence-electron chi connectivity index (χ3n) is 5.46. The van der Waals surface area contributed by atoms with Crippen molar-refractivity contribution in [3.8, 4) is 0 Å². The summed E-state index contributed by atoms with van der Waals surface area (Å²) in [7, 11) is 2.62. The van der Waals surface area contributed by atoms with Crippen LogP contribution in [-0.2, 0) is 28.3 Å². The van der Waals surface area contributed by atoms with Crippen molar-refractivity contribution in [3.63, 3.8) is 0 Å². The van der Waals surface area contributed by atoms with Gasteiger partial charge in [0.25, 0.3) is 5.91 Å². The number of hydrogen-bond acceptors (Lipinski definition) is 6. The van der Waals surface area contributed by atoms with Gasteiger partial charge in [0.15, 0.2) is 27.2 Å². The monoisotopic (exact) mass is 361 g/mol. The molecule has 0 aromatic heterocycles. The van der Waals surface area contributed by atoms with Gasteiger partial charge in [-0.15, -0.1) is 0 Å². The highest BCUT2D eigenvalue weighted by Gasteiger charge is 2.56. The first-order valence-electron chi connectivity index (χ1n) is 8.35. The Morgan fingerprint density at radius 2 is 1.83 bits per heavy atom. The molecule has 7 nitrogen and oxygen atoms in total. The van der Waals surface area contributed by atoms with E-state index in [1.165, 1.54) is 19.3 Å². The van der Waals surface area contributed by atoms with Crippen molar-refractivity contribution in [3.05, 3.63) is 0 Å². The Balaban J connectivity index is 2.09. The summed E-state index contributed by atoms with van der Waals surface area (Å²) in [6, 6.07) is 0. The fourth-order valence-electron chi connectivity index (χ4n) is 2.89. The molecule has 0 aromatic carbocycles. The van der Waals surface area contributed by atoms with Crippen LogP contribution in [0, 0.1) is 11.8 Å². The number of rotatable bonds is 5. The first kappa shape index (κ1) is 19.8. The second-order valence-electron chi connectivity index (χ2n) is 8.00. The average molecular weight is 362 g/mol. The molecule has 0 radical (unpaired) electrons. The topological polar surface area (TPSA) is 66.5 Å². The van der Waals surface area contributed by atoms with Crippen LogP contribution < -0.4 is 0 Å². The van der Waals surface area contributed by atoms with Gasteiger partial charge in [-0.3, -0.25) is 9.63 Å². The summed E-state index contributed by atoms with van der Waals surface area (Å²) >= 11 is 0. The first-order valence-corrected chi connectivity index (χ1v) is 11.3. The van der Waals surface area contributed by atoms with Crippen LogP contribution in [0.5, 0.6) is 0 Å². The van der Waals surface area contributed by atoms with Crippen molar-refractivity contribution in [2.75, 3.05) is 21.3 Å². The molecule has 0 unspecified atom stereocenters. The summed E-state index contributed by atoms with van der Waals surface area (Å²) in [6.45, 7) is 10.9. The Labute approximate surface area is 145 Å². The number of carbonyl (C=O) groups excluding carboxylic acids is 1. The highest BCUT2D eigenvalue weighted by molar-refractivity contribution is 6.74. The molecule has 140 valence electrons. The second kappa shape index (κ2) is 7.01. The third-order valence-corrected chi connectivity index (χ3v) is 9.92. The smallest absolute Gasteiger partial charge is 0.254 e. The lowest BCUT2D eigenvalue weighted by Gasteiger charge is -2.38. The lowest BCUT2D eigenvalue weighted by Crippen LogP contribution is -2.44. The van der Waals surface area contributed by atoms with Gasteiger partial charge in [0.2, 0.25) is 0 Å². The molecular weight excluding hydrogens is 330 g/mol. The normalized spacial score (nSPS) is 33.6. The van der Waals surface area contributed by atoms with Crippen LogP contribution in [0.1, 0.15) is 27.2 Å². The fourth-order valence-corrected chi connectivity index (χ4v) is 4.05. The number of carbonyl (C=O) groups is 1. The number of methoxy groups -OCH3 is 1. The molecule has 2 fully saturated rings. The molecule has 0 spiro atoms. The van der Waals surface area contributed by atoms with Crippen LogP contribution in [0.3, 0.4) is 0 Å². The Kier molecular flexibility index (Phi) is 5.78. The molecule has 0 aromatic rings. The van der Waals surface area contributed by atoms with Gasteiger partial charge < -0.3 is 18.6 Å². The van der Waals surface area contributed by atoms with E-state index in [2.05, 4.69) is 33.9 Å². The third kappa shape index (κ3) is 3.68. The maximum atomic E-state index is 12.6. The van der Waals surface area contributed by atoms with Gasteiger partial charge in [-0.05, 0) is 18.1 Å². The summed E-state index contributed by atoms with van der Waals surface area (Å²) in [6.07, 6.45) is -0.838. The second-order valence-corrected chi connectivity index (χ2v) is 12.8. The van der Waals surface area contributed by atoms with Gasteiger partial charge in [0, 0.05) is 26.5 Å². The van der Waals surface area contributed by atoms with Gasteiger partial charge in [0.1, 0.15) is 0 Å². The molecule has 2 aliphatic rings. The largest absolute Gasteiger partial charge is 0.392 e. The van der Waals surface area contributed by atoms with E-state index in [1.807, 2.05) is 0 Å². The predicted molar refractivity (Wildman–Crippen MR) is 90.2 cm³/mol. The molecule has 24 heavy (non-hydrogen) atoms. The van der Waals surface area contributed by atoms with Gasteiger partial charge in [0.05, 0.1) is 13.0 Å². The van der Waals surface area contributed by atoms with Crippen molar-refractivity contribution < 1.29 is 28.3 Å². The number of ether oxygens (including phenoxy) is 3. The highest BCUT2D eigenvalue weighted by Crippen LogP contribution is 2.46. The minimum atomic E-state index is -1.95. The highest BCUT2D eigenvalue weighted by atomic mass is 28.4. The number of hydroxylamine groups is 2. The number of nitrogens with zero attached hydrogens (tertiary/aromatic N) is 1. The van der Waals surface area contributed by atoms with Crippen LogP contribution >= 0.6 is 0 Å². The molecule has 0 saturated carbocycles. The maximum absolute atomic E-state index is 12.6. The molecular formula is C16H31NO6Si. The summed E-state index contributed by atoms with van der Waals surface area (Å²) in [5.74, 6) is -0.735. The van der Waals surface area contributed by atoms with Crippen LogP contribution in [-0.4, -0.2) is 59.4 Å². The van der Waals surface area contributed by atoms with E-state index in [4.69, 9.17) is 23.5 Å². The van der Waals surface area contributed by atoms with Gasteiger partial charge in [-0.2, -0.15) is 0 Å². The minimum Gasteiger partial charge on any atom is -0.392 e. The average Bonchev–Trinajstić information content (AvgIpc) is 3.00. The van der Waals surface area contributed by atoms with E-state index < -0.39 is 26.8 Å². The zero-order chi connectivity index (χ0) is 18.3. The van der Waals surface area contributed by atoms with E-state index in [0.717, 1.165) is 0 Å². The van der Waals surface area contributed by atoms with Crippen LogP contribution in [0.2, 0.25) is 18.1 Å². The number of hydrogen-bond donors (Lipinski definition) is 0. The van der Waals surface area contributed by atoms with Gasteiger partial charge in [-0.25, -0.2) is 5.06 Å². The lowest BCUT2D eigenvalue weighted by atomic mass is 9.91. The standard InChI is InChI=1S/C16H31NO6Si/c1-16(2,3)24(7,8)23-11-9-10-12(13(18)17(4)20-6)15(19-5)22-14(10)21-11/h10-12,14-15H,9H2,1-8H3/t10-,11-,12-,14+,15-/m1/s1. The summed E-state index contributed by atoms with van der Waals surface area (Å²) in [5.41, 5.74) is 0. The van der Waals surface area contributed by atoms with Crippen molar-refractivity contribution in [2.24, 2.45) is 11.8 Å². The summed E-state index contributed by atoms with van der Waals surface area (Å²) < 4.78 is 23.4. The van der Waals surface area contributed by atoms with Crippen molar-refractivity contribution >= 4 is 14.2 Å². The van der Waals surface area contributed by atoms with E-state index in [-0.39, 0.29) is 23.2 Å². The van der Waals surface area contributed by atoms with Crippen molar-refractivity contribution in [2.45, 2.75) is 64.2 Å². The molecule has 0 N–H and O–H groups in total. The summed E-state index contributed by atoms with van der Waals surface area (Å²) in [4.78, 5) is 17.6. The zero-order valence-corrected chi connectivity index (χ0v) is 17.0. The Bertz CT molecular complexity index is 466. The predicted octanol–water partition coefficient (Wildman–Crippen LogP) is 2.34. The van der Waals surface area contributed by atoms with Gasteiger partial charge >= 0.3 is 0 Å². The van der Waals surface area contributed by atoms with E-state index in [1.54, 1.807) is 7.05 Å². The Hall–Kier alpha value is -0.513. The number of amides is 1. The van der Waals surface area contributed by atoms with Crippen LogP contribution in [0.25, 0.3) is 0 Å². The molecule has 2 rings (SSSR count). The summed E-state index contributed by atoms with van der Waals surface area (Å²) in [5, 5.41) is 1.31. The lowest BCUT2D eigenvalue weighted by molar-refractivity contribution is -0.232. The molecule has 2 heterocycles. The molecule has 2 saturated heterocycles. The zero-order valence-electron chi connectivity index (χ0n) is 16.0. The minimum absolute atomic E-state index is 0.0927. The molecule has 2 aliphatic heterocycles. The molecule has 0 bridgehead atoms. The van der Waals surface area contributed by atoms with E-state index in [9.17, 15) is 4.79 Å². The quantitative estimate of drug-likeness (QED) is 0.553. The van der Waals surface area contributed by atoms with Crippen LogP contribution in [0.15, 0.2) is 0 Å². The van der Waals surface area contributed by atoms with Crippen molar-refractivity contribution in [1.29, 1.82) is 0 Å². The van der Waals surface area contributed by atoms with Crippen LogP contribution in [0.4, 0.5) is 0 Å². The molecule has 5 atom stereocenters. The maximum Gasteiger partial charge on any atom is 0.254 e. The molecule has 0 aliphatic carbocycles. The fraction of sp³-hybridized carbons (Fsp3) is 0.938. The first-order chi connectivity index (χ1) is 11.0. The SMILES string of the molecule is CO[C@@H]1O[C@@H]2O[C@H](O[Si](C)(C)C(C)(C)C)C[C@@H]2[C@@H]1C(=O)N(C)OC. The Morgan fingerprint density at radius 1 is 1.21 bits per heavy atom. The molecule has 8 heteroatoms. The van der Waals surface area contributed by atoms with E-state index >= 15 is 0 Å². The Morgan fingerprint density at radius 3 is 2.33 bits per heavy atom. The molecule has 1 amide bonds. The van der Waals surface area contributed by atoms with Crippen molar-refractivity contribution in [1.82, 2.24) is 5.06 Å².